The first-order valence-corrected chi connectivity index (χ1v) is 8.69. The van der Waals surface area contributed by atoms with Crippen molar-refractivity contribution >= 4 is 21.8 Å². The molecule has 0 aliphatic carbocycles. The topological polar surface area (TPSA) is 75.7 Å². The number of nitrogens with one attached hydrogen (secondary N) is 1. The molecule has 6 nitrogen and oxygen atoms in total. The number of nitrogens with zero attached hydrogens (tertiary/aromatic N) is 1. The minimum atomic E-state index is -4.49. The Labute approximate surface area is 137 Å². The van der Waals surface area contributed by atoms with Crippen LogP contribution in [0.3, 0.4) is 0 Å². The predicted molar refractivity (Wildman–Crippen MR) is 80.7 cm³/mol. The van der Waals surface area contributed by atoms with Crippen LogP contribution < -0.4 is 9.03 Å². The fraction of sp³-hybridized carbons (Fsp3) is 0.500. The van der Waals surface area contributed by atoms with Gasteiger partial charge in [-0.05, 0) is 24.5 Å². The minimum absolute atomic E-state index is 0.226. The van der Waals surface area contributed by atoms with Gasteiger partial charge in [0, 0.05) is 6.54 Å². The molecule has 0 bridgehead atoms. The predicted octanol–water partition coefficient (Wildman–Crippen LogP) is 1.77. The summed E-state index contributed by atoms with van der Waals surface area (Å²) in [6.07, 6.45) is -3.62. The molecule has 134 valence electrons. The van der Waals surface area contributed by atoms with Crippen molar-refractivity contribution in [3.8, 4) is 0 Å². The normalized spacial score (nSPS) is 15.0. The smallest absolute Gasteiger partial charge is 0.372 e. The molecule has 1 N–H and O–H groups in total. The van der Waals surface area contributed by atoms with Gasteiger partial charge in [-0.3, -0.25) is 9.10 Å². The summed E-state index contributed by atoms with van der Waals surface area (Å²) >= 11 is 0. The molecule has 1 aromatic carbocycles. The SMILES string of the molecule is O=C(CCOCC(F)(F)F)NS(=O)(=O)N1CCCc2ccccc21. The summed E-state index contributed by atoms with van der Waals surface area (Å²) < 4.78 is 67.6. The number of hydrogen-bond donors (Lipinski definition) is 1. The standard InChI is InChI=1S/C14H17F3N2O4S/c15-14(16,17)10-23-9-7-13(20)18-24(21,22)19-8-3-5-11-4-1-2-6-12(11)19/h1-2,4,6H,3,5,7-10H2,(H,18,20). The summed E-state index contributed by atoms with van der Waals surface area (Å²) in [5.41, 5.74) is 1.35. The van der Waals surface area contributed by atoms with Gasteiger partial charge in [0.25, 0.3) is 0 Å². The van der Waals surface area contributed by atoms with Gasteiger partial charge < -0.3 is 4.74 Å². The lowest BCUT2D eigenvalue weighted by Crippen LogP contribution is -2.46. The number of carbonyl (C=O) groups excluding carboxylic acids is 1. The molecule has 0 fully saturated rings. The fourth-order valence-electron chi connectivity index (χ4n) is 2.35. The highest BCUT2D eigenvalue weighted by molar-refractivity contribution is 7.91. The molecule has 1 amide bonds. The van der Waals surface area contributed by atoms with Gasteiger partial charge in [0.2, 0.25) is 5.91 Å². The van der Waals surface area contributed by atoms with Crippen LogP contribution in [0, 0.1) is 0 Å². The molecule has 1 aromatic rings. The van der Waals surface area contributed by atoms with Crippen molar-refractivity contribution in [3.63, 3.8) is 0 Å². The van der Waals surface area contributed by atoms with Crippen LogP contribution in [0.2, 0.25) is 0 Å². The summed E-state index contributed by atoms with van der Waals surface area (Å²) in [5.74, 6) is -0.916. The third-order valence-electron chi connectivity index (χ3n) is 3.34. The zero-order valence-electron chi connectivity index (χ0n) is 12.7. The van der Waals surface area contributed by atoms with Crippen LogP contribution >= 0.6 is 0 Å². The van der Waals surface area contributed by atoms with E-state index in [1.807, 2.05) is 10.8 Å². The Morgan fingerprint density at radius 1 is 1.29 bits per heavy atom. The van der Waals surface area contributed by atoms with E-state index in [1.54, 1.807) is 18.2 Å². The number of anilines is 1. The van der Waals surface area contributed by atoms with Gasteiger partial charge in [-0.2, -0.15) is 21.6 Å². The van der Waals surface area contributed by atoms with Crippen molar-refractivity contribution in [2.24, 2.45) is 0 Å². The Balaban J connectivity index is 1.93. The second-order valence-electron chi connectivity index (χ2n) is 5.25. The van der Waals surface area contributed by atoms with Crippen LogP contribution in [0.4, 0.5) is 18.9 Å². The number of hydrogen-bond acceptors (Lipinski definition) is 4. The van der Waals surface area contributed by atoms with Crippen molar-refractivity contribution in [2.45, 2.75) is 25.4 Å². The Morgan fingerprint density at radius 3 is 2.71 bits per heavy atom. The molecule has 1 aliphatic heterocycles. The summed E-state index contributed by atoms with van der Waals surface area (Å²) in [7, 11) is -4.11. The maximum Gasteiger partial charge on any atom is 0.411 e. The number of ether oxygens (including phenoxy) is 1. The van der Waals surface area contributed by atoms with Crippen molar-refractivity contribution < 1.29 is 31.1 Å². The van der Waals surface area contributed by atoms with E-state index in [-0.39, 0.29) is 6.54 Å². The fourth-order valence-corrected chi connectivity index (χ4v) is 3.66. The molecule has 24 heavy (non-hydrogen) atoms. The summed E-state index contributed by atoms with van der Waals surface area (Å²) in [5, 5.41) is 0. The number of halogens is 3. The van der Waals surface area contributed by atoms with E-state index in [4.69, 9.17) is 0 Å². The van der Waals surface area contributed by atoms with Gasteiger partial charge >= 0.3 is 16.4 Å². The first-order chi connectivity index (χ1) is 11.2. The number of alkyl halides is 3. The van der Waals surface area contributed by atoms with Crippen molar-refractivity contribution in [1.82, 2.24) is 4.72 Å². The first-order valence-electron chi connectivity index (χ1n) is 7.25. The van der Waals surface area contributed by atoms with E-state index in [9.17, 15) is 26.4 Å². The van der Waals surface area contributed by atoms with Gasteiger partial charge in [-0.15, -0.1) is 0 Å². The second-order valence-corrected chi connectivity index (χ2v) is 6.85. The average Bonchev–Trinajstić information content (AvgIpc) is 2.49. The highest BCUT2D eigenvalue weighted by atomic mass is 32.2. The van der Waals surface area contributed by atoms with Crippen LogP contribution in [0.5, 0.6) is 0 Å². The van der Waals surface area contributed by atoms with Gasteiger partial charge in [-0.25, -0.2) is 4.72 Å². The molecule has 0 atom stereocenters. The van der Waals surface area contributed by atoms with E-state index >= 15 is 0 Å². The molecular formula is C14H17F3N2O4S. The van der Waals surface area contributed by atoms with Crippen LogP contribution in [0.25, 0.3) is 0 Å². The van der Waals surface area contributed by atoms with Gasteiger partial charge in [-0.1, -0.05) is 18.2 Å². The van der Waals surface area contributed by atoms with Gasteiger partial charge in [0.15, 0.2) is 0 Å². The van der Waals surface area contributed by atoms with Crippen LogP contribution in [0.15, 0.2) is 24.3 Å². The molecule has 1 aliphatic rings. The number of carbonyl (C=O) groups is 1. The van der Waals surface area contributed by atoms with E-state index in [1.165, 1.54) is 0 Å². The number of benzene rings is 1. The number of para-hydroxylation sites is 1. The zero-order chi connectivity index (χ0) is 17.8. The highest BCUT2D eigenvalue weighted by Crippen LogP contribution is 2.28. The Hall–Kier alpha value is -1.81. The van der Waals surface area contributed by atoms with E-state index in [2.05, 4.69) is 4.74 Å². The molecule has 0 unspecified atom stereocenters. The summed E-state index contributed by atoms with van der Waals surface area (Å²) in [6, 6.07) is 6.94. The quantitative estimate of drug-likeness (QED) is 0.779. The largest absolute Gasteiger partial charge is 0.411 e. The molecule has 0 aromatic heterocycles. The van der Waals surface area contributed by atoms with Gasteiger partial charge in [0.1, 0.15) is 6.61 Å². The van der Waals surface area contributed by atoms with Crippen molar-refractivity contribution in [2.75, 3.05) is 24.1 Å². The number of rotatable bonds is 6. The zero-order valence-corrected chi connectivity index (χ0v) is 13.5. The Bertz CT molecular complexity index is 692. The summed E-state index contributed by atoms with van der Waals surface area (Å²) in [4.78, 5) is 11.7. The second kappa shape index (κ2) is 7.39. The van der Waals surface area contributed by atoms with E-state index < -0.39 is 41.9 Å². The molecule has 0 saturated heterocycles. The molecule has 2 rings (SSSR count). The van der Waals surface area contributed by atoms with Crippen LogP contribution in [-0.2, 0) is 26.2 Å². The molecule has 0 saturated carbocycles. The summed E-state index contributed by atoms with van der Waals surface area (Å²) in [6.45, 7) is -1.77. The first kappa shape index (κ1) is 18.5. The van der Waals surface area contributed by atoms with E-state index in [0.717, 1.165) is 16.3 Å². The Kier molecular flexibility index (Phi) is 5.70. The van der Waals surface area contributed by atoms with Crippen LogP contribution in [0.1, 0.15) is 18.4 Å². The number of amides is 1. The maximum absolute atomic E-state index is 12.3. The lowest BCUT2D eigenvalue weighted by molar-refractivity contribution is -0.174. The number of aryl methyl sites for hydroxylation is 1. The molecular weight excluding hydrogens is 349 g/mol. The molecule has 1 heterocycles. The molecule has 0 radical (unpaired) electrons. The lowest BCUT2D eigenvalue weighted by atomic mass is 10.0. The van der Waals surface area contributed by atoms with Crippen molar-refractivity contribution in [3.05, 3.63) is 29.8 Å². The van der Waals surface area contributed by atoms with Gasteiger partial charge in [0.05, 0.1) is 18.7 Å². The van der Waals surface area contributed by atoms with Crippen LogP contribution in [-0.4, -0.2) is 40.3 Å². The third kappa shape index (κ3) is 5.10. The molecule has 0 spiro atoms. The molecule has 10 heteroatoms. The average molecular weight is 366 g/mol. The Morgan fingerprint density at radius 2 is 2.00 bits per heavy atom. The van der Waals surface area contributed by atoms with Crippen molar-refractivity contribution in [1.29, 1.82) is 0 Å². The minimum Gasteiger partial charge on any atom is -0.372 e. The van der Waals surface area contributed by atoms with E-state index in [0.29, 0.717) is 12.1 Å². The number of fused-ring (bicyclic) bond motifs is 1. The highest BCUT2D eigenvalue weighted by Gasteiger charge is 2.29. The third-order valence-corrected chi connectivity index (χ3v) is 4.78. The lowest BCUT2D eigenvalue weighted by Gasteiger charge is -2.30. The monoisotopic (exact) mass is 366 g/mol. The maximum atomic E-state index is 12.3.